The van der Waals surface area contributed by atoms with Gasteiger partial charge in [-0.15, -0.1) is 0 Å². The minimum Gasteiger partial charge on any atom is -0.274 e. The van der Waals surface area contributed by atoms with Gasteiger partial charge < -0.3 is 0 Å². The van der Waals surface area contributed by atoms with Gasteiger partial charge in [0.1, 0.15) is 22.1 Å². The first-order chi connectivity index (χ1) is 31.1. The number of amides is 4. The Morgan fingerprint density at radius 2 is 0.609 bits per heavy atom. The minimum atomic E-state index is -0.292. The topological polar surface area (TPSA) is 126 Å². The van der Waals surface area contributed by atoms with E-state index in [0.29, 0.717) is 91.0 Å². The van der Waals surface area contributed by atoms with Crippen molar-refractivity contribution in [3.63, 3.8) is 0 Å². The molecular formula is C54H36N6O4. The number of hydrogen-bond acceptors (Lipinski definition) is 8. The zero-order chi connectivity index (χ0) is 43.4. The molecule has 4 heterocycles. The first-order valence-electron chi connectivity index (χ1n) is 21.7. The number of carbonyl (C=O) groups is 4. The summed E-state index contributed by atoms with van der Waals surface area (Å²) in [6.07, 6.45) is 0. The molecule has 4 amide bonds. The number of carbonyl (C=O) groups excluding carboxylic acids is 4. The third kappa shape index (κ3) is 4.69. The summed E-state index contributed by atoms with van der Waals surface area (Å²) in [5.74, 6) is -0.940. The number of imide groups is 2. The third-order valence-corrected chi connectivity index (χ3v) is 13.2. The van der Waals surface area contributed by atoms with Crippen molar-refractivity contribution in [2.75, 3.05) is 13.1 Å². The van der Waals surface area contributed by atoms with Crippen molar-refractivity contribution in [2.45, 2.75) is 27.7 Å². The van der Waals surface area contributed by atoms with Crippen molar-refractivity contribution < 1.29 is 19.2 Å². The fourth-order valence-electron chi connectivity index (χ4n) is 10.6. The van der Waals surface area contributed by atoms with Crippen molar-refractivity contribution in [3.05, 3.63) is 131 Å². The Kier molecular flexibility index (Phi) is 7.33. The third-order valence-electron chi connectivity index (χ3n) is 13.2. The van der Waals surface area contributed by atoms with Crippen molar-refractivity contribution in [2.24, 2.45) is 11.8 Å². The Morgan fingerprint density at radius 1 is 0.359 bits per heavy atom. The van der Waals surface area contributed by atoms with Crippen molar-refractivity contribution in [3.8, 4) is 67.3 Å². The summed E-state index contributed by atoms with van der Waals surface area (Å²) >= 11 is 0. The molecule has 0 bridgehead atoms. The van der Waals surface area contributed by atoms with Gasteiger partial charge in [-0.1, -0.05) is 113 Å². The van der Waals surface area contributed by atoms with Crippen LogP contribution >= 0.6 is 0 Å². The molecule has 64 heavy (non-hydrogen) atoms. The van der Waals surface area contributed by atoms with Gasteiger partial charge in [-0.3, -0.25) is 29.0 Å². The molecule has 0 N–H and O–H groups in total. The highest BCUT2D eigenvalue weighted by molar-refractivity contribution is 6.32. The van der Waals surface area contributed by atoms with E-state index in [0.717, 1.165) is 55.3 Å². The molecule has 0 saturated heterocycles. The maximum Gasteiger partial charge on any atom is 0.261 e. The van der Waals surface area contributed by atoms with E-state index in [1.807, 2.05) is 137 Å². The SMILES string of the molecule is CC(C)CN1C(=O)c2ccc3c4c(ccc(c24)C1=O)-c1nc2c(-c4ccccc4)c4nc5c(nc4c(-c4ccccc4)c2nc1-3)-c1ccc2c3c(ccc-5c13)C(=O)N(CC(C)C)C2=O. The average Bonchev–Trinajstić information content (AvgIpc) is 3.79. The van der Waals surface area contributed by atoms with Crippen LogP contribution in [0.25, 0.3) is 111 Å². The van der Waals surface area contributed by atoms with Crippen LogP contribution in [-0.4, -0.2) is 66.5 Å². The molecule has 7 aromatic carbocycles. The van der Waals surface area contributed by atoms with Gasteiger partial charge in [0.05, 0.1) is 22.8 Å². The number of aromatic nitrogens is 4. The molecule has 2 aliphatic carbocycles. The van der Waals surface area contributed by atoms with E-state index < -0.39 is 0 Å². The van der Waals surface area contributed by atoms with E-state index in [2.05, 4.69) is 0 Å². The Bertz CT molecular complexity index is 3290. The summed E-state index contributed by atoms with van der Waals surface area (Å²) < 4.78 is 0. The first-order valence-corrected chi connectivity index (χ1v) is 21.7. The van der Waals surface area contributed by atoms with E-state index >= 15 is 0 Å². The van der Waals surface area contributed by atoms with E-state index in [1.54, 1.807) is 0 Å². The highest BCUT2D eigenvalue weighted by Gasteiger charge is 2.40. The molecule has 0 spiro atoms. The largest absolute Gasteiger partial charge is 0.274 e. The normalized spacial score (nSPS) is 14.4. The minimum absolute atomic E-state index is 0.115. The van der Waals surface area contributed by atoms with Gasteiger partial charge in [0.2, 0.25) is 0 Å². The van der Waals surface area contributed by atoms with Gasteiger partial charge in [-0.2, -0.15) is 0 Å². The van der Waals surface area contributed by atoms with E-state index in [1.165, 1.54) is 9.80 Å². The van der Waals surface area contributed by atoms with Crippen LogP contribution in [0.4, 0.5) is 0 Å². The fraction of sp³-hybridized carbons (Fsp3) is 0.148. The molecule has 306 valence electrons. The molecule has 10 nitrogen and oxygen atoms in total. The molecule has 10 heteroatoms. The maximum atomic E-state index is 14.0. The average molecular weight is 833 g/mol. The van der Waals surface area contributed by atoms with Crippen LogP contribution in [0.5, 0.6) is 0 Å². The Balaban J connectivity index is 1.12. The zero-order valence-corrected chi connectivity index (χ0v) is 35.3. The second-order valence-corrected chi connectivity index (χ2v) is 18.1. The lowest BCUT2D eigenvalue weighted by Crippen LogP contribution is -2.42. The van der Waals surface area contributed by atoms with Crippen LogP contribution in [-0.2, 0) is 0 Å². The molecule has 2 aliphatic heterocycles. The number of hydrogen-bond donors (Lipinski definition) is 0. The molecule has 2 aromatic heterocycles. The molecule has 0 fully saturated rings. The van der Waals surface area contributed by atoms with Crippen molar-refractivity contribution in [1.29, 1.82) is 0 Å². The molecule has 0 unspecified atom stereocenters. The van der Waals surface area contributed by atoms with Gasteiger partial charge in [-0.05, 0) is 47.2 Å². The number of nitrogens with zero attached hydrogens (tertiary/aromatic N) is 6. The van der Waals surface area contributed by atoms with Crippen molar-refractivity contribution >= 4 is 67.2 Å². The second kappa shape index (κ2) is 12.8. The molecule has 0 atom stereocenters. The number of fused-ring (bicyclic) bond motifs is 8. The number of rotatable bonds is 6. The van der Waals surface area contributed by atoms with Crippen molar-refractivity contribution in [1.82, 2.24) is 29.7 Å². The lowest BCUT2D eigenvalue weighted by Gasteiger charge is -2.28. The summed E-state index contributed by atoms with van der Waals surface area (Å²) in [5.41, 5.74) is 13.7. The van der Waals surface area contributed by atoms with E-state index in [-0.39, 0.29) is 35.5 Å². The predicted molar refractivity (Wildman–Crippen MR) is 248 cm³/mol. The number of benzene rings is 7. The lowest BCUT2D eigenvalue weighted by molar-refractivity contribution is 0.0577. The smallest absolute Gasteiger partial charge is 0.261 e. The Hall–Kier alpha value is -7.98. The summed E-state index contributed by atoms with van der Waals surface area (Å²) in [4.78, 5) is 80.9. The predicted octanol–water partition coefficient (Wildman–Crippen LogP) is 11.0. The summed E-state index contributed by atoms with van der Waals surface area (Å²) in [6, 6.07) is 35.2. The Labute approximate surface area is 366 Å². The maximum absolute atomic E-state index is 14.0. The van der Waals surface area contributed by atoms with Gasteiger partial charge in [0.15, 0.2) is 0 Å². The quantitative estimate of drug-likeness (QED) is 0.120. The molecule has 13 rings (SSSR count). The van der Waals surface area contributed by atoms with Crippen LogP contribution in [0.2, 0.25) is 0 Å². The van der Waals surface area contributed by atoms with Crippen LogP contribution in [0.1, 0.15) is 69.1 Å². The van der Waals surface area contributed by atoms with Crippen LogP contribution in [0, 0.1) is 11.8 Å². The monoisotopic (exact) mass is 832 g/mol. The summed E-state index contributed by atoms with van der Waals surface area (Å²) in [6.45, 7) is 8.66. The molecule has 9 aromatic rings. The van der Waals surface area contributed by atoms with Gasteiger partial charge >= 0.3 is 0 Å². The summed E-state index contributed by atoms with van der Waals surface area (Å²) in [7, 11) is 0. The van der Waals surface area contributed by atoms with Crippen LogP contribution in [0.15, 0.2) is 109 Å². The highest BCUT2D eigenvalue weighted by Crippen LogP contribution is 2.54. The molecule has 0 saturated carbocycles. The lowest BCUT2D eigenvalue weighted by atomic mass is 9.90. The molecule has 4 aliphatic rings. The van der Waals surface area contributed by atoms with E-state index in [4.69, 9.17) is 19.9 Å². The zero-order valence-electron chi connectivity index (χ0n) is 35.3. The Morgan fingerprint density at radius 3 is 0.875 bits per heavy atom. The van der Waals surface area contributed by atoms with E-state index in [9.17, 15) is 19.2 Å². The first kappa shape index (κ1) is 36.7. The molecular weight excluding hydrogens is 797 g/mol. The second-order valence-electron chi connectivity index (χ2n) is 18.1. The van der Waals surface area contributed by atoms with Gasteiger partial charge in [0, 0.05) is 90.3 Å². The van der Waals surface area contributed by atoms with Crippen LogP contribution in [0.3, 0.4) is 0 Å². The summed E-state index contributed by atoms with van der Waals surface area (Å²) in [5, 5.41) is 2.88. The van der Waals surface area contributed by atoms with Gasteiger partial charge in [-0.25, -0.2) is 19.9 Å². The van der Waals surface area contributed by atoms with Gasteiger partial charge in [0.25, 0.3) is 23.6 Å². The fourth-order valence-corrected chi connectivity index (χ4v) is 10.6. The molecule has 0 radical (unpaired) electrons. The highest BCUT2D eigenvalue weighted by atomic mass is 16.2. The van der Waals surface area contributed by atoms with Crippen LogP contribution < -0.4 is 0 Å². The standard InChI is InChI=1S/C54H36N6O4/c1-25(2)23-59-51(61)33-19-15-29-39-30(16-20-34(41(33)39)52(59)62)44-43(29)55-47-37(27-11-7-5-8-12-27)49-50(38(48(47)56-44)28-13-9-6-10-14-28)58-46-32-18-22-36-42-35(21-17-31(40(32)42)45(46)57-49)53(63)60(54(36)64)24-26(3)4/h5-22,25-26H,23-24H2,1-4H3.